The first-order chi connectivity index (χ1) is 5.27. The van der Waals surface area contributed by atoms with Crippen LogP contribution in [0.5, 0.6) is 0 Å². The van der Waals surface area contributed by atoms with Crippen LogP contribution in [0.3, 0.4) is 0 Å². The van der Waals surface area contributed by atoms with E-state index in [0.717, 1.165) is 0 Å². The maximum absolute atomic E-state index is 10.6. The maximum atomic E-state index is 10.6. The molecule has 2 aliphatic rings. The van der Waals surface area contributed by atoms with Gasteiger partial charge in [-0.15, -0.1) is 0 Å². The first kappa shape index (κ1) is 6.57. The van der Waals surface area contributed by atoms with E-state index in [9.17, 15) is 4.79 Å². The first-order valence-corrected chi connectivity index (χ1v) is 3.21. The van der Waals surface area contributed by atoms with Gasteiger partial charge in [-0.25, -0.2) is 4.79 Å². The van der Waals surface area contributed by atoms with E-state index in [1.807, 2.05) is 0 Å². The summed E-state index contributed by atoms with van der Waals surface area (Å²) in [5.41, 5.74) is 0.418. The zero-order valence-electron chi connectivity index (χ0n) is 5.61. The molecular weight excluding hydrogens is 151 g/mol. The molecule has 0 aromatic carbocycles. The van der Waals surface area contributed by atoms with E-state index in [1.165, 1.54) is 6.08 Å². The van der Waals surface area contributed by atoms with Crippen LogP contribution >= 0.6 is 0 Å². The first-order valence-electron chi connectivity index (χ1n) is 3.21. The summed E-state index contributed by atoms with van der Waals surface area (Å²) in [6, 6.07) is 0. The number of hydrogen-bond donors (Lipinski definition) is 1. The minimum Gasteiger partial charge on any atom is -0.423 e. The molecule has 0 aromatic heterocycles. The Kier molecular flexibility index (Phi) is 1.30. The Bertz CT molecular complexity index is 264. The second kappa shape index (κ2) is 2.18. The second-order valence-corrected chi connectivity index (χ2v) is 2.27. The molecule has 0 fully saturated rings. The van der Waals surface area contributed by atoms with Crippen molar-refractivity contribution in [1.29, 1.82) is 0 Å². The van der Waals surface area contributed by atoms with Crippen molar-refractivity contribution in [3.8, 4) is 0 Å². The maximum Gasteiger partial charge on any atom is 0.336 e. The molecular formula is C7H6O4. The molecule has 1 atom stereocenters. The lowest BCUT2D eigenvalue weighted by Crippen LogP contribution is -2.19. The summed E-state index contributed by atoms with van der Waals surface area (Å²) in [4.78, 5) is 10.6. The number of hydrogen-bond acceptors (Lipinski definition) is 4. The van der Waals surface area contributed by atoms with E-state index in [2.05, 4.69) is 0 Å². The van der Waals surface area contributed by atoms with Crippen LogP contribution in [-0.4, -0.2) is 24.0 Å². The summed E-state index contributed by atoms with van der Waals surface area (Å²) in [5.74, 6) is -0.0236. The molecule has 0 aliphatic carbocycles. The number of carbonyl (C=O) groups excluding carboxylic acids is 1. The molecule has 0 aromatic rings. The van der Waals surface area contributed by atoms with Gasteiger partial charge in [0.05, 0.1) is 12.2 Å². The van der Waals surface area contributed by atoms with Crippen molar-refractivity contribution in [2.24, 2.45) is 0 Å². The molecule has 4 nitrogen and oxygen atoms in total. The number of ether oxygens (including phenoxy) is 2. The quantitative estimate of drug-likeness (QED) is 0.387. The topological polar surface area (TPSA) is 55.8 Å². The van der Waals surface area contributed by atoms with Crippen molar-refractivity contribution < 1.29 is 19.4 Å². The number of esters is 1. The van der Waals surface area contributed by atoms with Gasteiger partial charge in [0.15, 0.2) is 6.29 Å². The molecule has 0 radical (unpaired) electrons. The molecule has 0 amide bonds. The Balaban J connectivity index is 2.38. The third-order valence-corrected chi connectivity index (χ3v) is 1.56. The minimum absolute atomic E-state index is 0.279. The van der Waals surface area contributed by atoms with Crippen molar-refractivity contribution in [2.45, 2.75) is 6.29 Å². The SMILES string of the molecule is O=[13C]1[13CH]=C2C(=CCO[13CH]2O)O1. The number of rotatable bonds is 0. The Labute approximate surface area is 62.7 Å². The van der Waals surface area contributed by atoms with E-state index in [1.54, 1.807) is 6.08 Å². The number of fused-ring (bicyclic) bond motifs is 1. The van der Waals surface area contributed by atoms with Gasteiger partial charge in [-0.3, -0.25) is 0 Å². The Morgan fingerprint density at radius 3 is 3.18 bits per heavy atom. The van der Waals surface area contributed by atoms with Crippen molar-refractivity contribution >= 4 is 5.97 Å². The smallest absolute Gasteiger partial charge is 0.336 e. The molecule has 2 heterocycles. The zero-order chi connectivity index (χ0) is 7.84. The number of carbonyl (C=O) groups is 1. The summed E-state index contributed by atoms with van der Waals surface area (Å²) in [7, 11) is 0. The summed E-state index contributed by atoms with van der Waals surface area (Å²) >= 11 is 0. The van der Waals surface area contributed by atoms with Crippen LogP contribution in [0.25, 0.3) is 0 Å². The van der Waals surface area contributed by atoms with E-state index in [-0.39, 0.29) is 6.61 Å². The van der Waals surface area contributed by atoms with Crippen LogP contribution < -0.4 is 0 Å². The largest absolute Gasteiger partial charge is 0.423 e. The zero-order valence-corrected chi connectivity index (χ0v) is 5.61. The molecule has 0 spiro atoms. The van der Waals surface area contributed by atoms with Crippen LogP contribution in [0.2, 0.25) is 0 Å². The van der Waals surface area contributed by atoms with Gasteiger partial charge in [0.2, 0.25) is 0 Å². The highest BCUT2D eigenvalue weighted by Gasteiger charge is 2.28. The van der Waals surface area contributed by atoms with Crippen LogP contribution in [0.1, 0.15) is 0 Å². The summed E-state index contributed by atoms with van der Waals surface area (Å²) in [6.07, 6.45) is 1.83. The molecule has 0 saturated heterocycles. The molecule has 11 heavy (non-hydrogen) atoms. The van der Waals surface area contributed by atoms with Gasteiger partial charge < -0.3 is 14.6 Å². The molecule has 0 bridgehead atoms. The van der Waals surface area contributed by atoms with Gasteiger partial charge in [-0.2, -0.15) is 0 Å². The number of aliphatic hydroxyl groups is 1. The predicted octanol–water partition coefficient (Wildman–Crippen LogP) is -0.298. The van der Waals surface area contributed by atoms with Crippen LogP contribution in [0.4, 0.5) is 0 Å². The fourth-order valence-electron chi connectivity index (χ4n) is 1.05. The van der Waals surface area contributed by atoms with Crippen molar-refractivity contribution in [2.75, 3.05) is 6.61 Å². The second-order valence-electron chi connectivity index (χ2n) is 2.27. The molecule has 0 saturated carbocycles. The van der Waals surface area contributed by atoms with Gasteiger partial charge in [0, 0.05) is 6.08 Å². The van der Waals surface area contributed by atoms with Gasteiger partial charge >= 0.3 is 5.97 Å². The Hall–Kier alpha value is -1.13. The van der Waals surface area contributed by atoms with Crippen molar-refractivity contribution in [1.82, 2.24) is 0 Å². The normalized spacial score (nSPS) is 28.8. The molecule has 58 valence electrons. The monoisotopic (exact) mass is 157 g/mol. The molecule has 2 rings (SSSR count). The summed E-state index contributed by atoms with van der Waals surface area (Å²) in [6.45, 7) is 0.279. The molecule has 1 N–H and O–H groups in total. The van der Waals surface area contributed by atoms with Crippen molar-refractivity contribution in [3.63, 3.8) is 0 Å². The predicted molar refractivity (Wildman–Crippen MR) is 34.2 cm³/mol. The van der Waals surface area contributed by atoms with Gasteiger partial charge in [-0.1, -0.05) is 0 Å². The Morgan fingerprint density at radius 1 is 1.64 bits per heavy atom. The lowest BCUT2D eigenvalue weighted by molar-refractivity contribution is -0.132. The standard InChI is InChI=1S/C7H6O4/c8-6-3-4-5(11-6)1-2-10-7(4)9/h1,3,7,9H,2H2/i3+1,6+1,7+1. The Morgan fingerprint density at radius 2 is 2.45 bits per heavy atom. The average Bonchev–Trinajstić information content (AvgIpc) is 2.31. The highest BCUT2D eigenvalue weighted by molar-refractivity contribution is 5.88. The third kappa shape index (κ3) is 0.961. The van der Waals surface area contributed by atoms with E-state index in [4.69, 9.17) is 14.6 Å². The molecule has 4 heteroatoms. The third-order valence-electron chi connectivity index (χ3n) is 1.56. The van der Waals surface area contributed by atoms with Crippen LogP contribution in [-0.2, 0) is 14.3 Å². The van der Waals surface area contributed by atoms with Gasteiger partial charge in [0.25, 0.3) is 0 Å². The lowest BCUT2D eigenvalue weighted by atomic mass is 10.3. The molecule has 2 aliphatic heterocycles. The van der Waals surface area contributed by atoms with Crippen LogP contribution in [0.15, 0.2) is 23.5 Å². The highest BCUT2D eigenvalue weighted by atomic mass is 16.7. The van der Waals surface area contributed by atoms with Gasteiger partial charge in [0.1, 0.15) is 5.76 Å². The summed E-state index contributed by atoms with van der Waals surface area (Å²) < 4.78 is 9.54. The average molecular weight is 157 g/mol. The number of aliphatic hydroxyl groups excluding tert-OH is 1. The van der Waals surface area contributed by atoms with Crippen molar-refractivity contribution in [3.05, 3.63) is 23.5 Å². The molecule has 1 unspecified atom stereocenters. The van der Waals surface area contributed by atoms with E-state index in [0.29, 0.717) is 11.3 Å². The minimum atomic E-state index is -1.01. The van der Waals surface area contributed by atoms with E-state index >= 15 is 0 Å². The highest BCUT2D eigenvalue weighted by Crippen LogP contribution is 2.26. The lowest BCUT2D eigenvalue weighted by Gasteiger charge is -2.16. The van der Waals surface area contributed by atoms with Crippen LogP contribution in [0, 0.1) is 0 Å². The van der Waals surface area contributed by atoms with Gasteiger partial charge in [-0.05, 0) is 6.08 Å². The van der Waals surface area contributed by atoms with E-state index < -0.39 is 12.3 Å². The fourth-order valence-corrected chi connectivity index (χ4v) is 1.05. The summed E-state index contributed by atoms with van der Waals surface area (Å²) in [5, 5.41) is 9.13. The fraction of sp³-hybridized carbons (Fsp3) is 0.286.